The summed E-state index contributed by atoms with van der Waals surface area (Å²) in [6.45, 7) is 7.73. The maximum atomic E-state index is 13.8. The molecule has 9 heteroatoms. The number of carbonyl (C=O) groups is 2. The number of aliphatic hydroxyl groups is 1. The van der Waals surface area contributed by atoms with E-state index in [1.807, 2.05) is 76.2 Å². The molecule has 8 nitrogen and oxygen atoms in total. The van der Waals surface area contributed by atoms with Crippen molar-refractivity contribution in [1.82, 2.24) is 15.2 Å². The number of nitrogens with two attached hydrogens (primary N) is 2. The molecule has 1 aliphatic heterocycles. The molecule has 4 rings (SSSR count). The van der Waals surface area contributed by atoms with E-state index in [4.69, 9.17) is 23.2 Å². The molecule has 2 aromatic carbocycles. The first-order valence-electron chi connectivity index (χ1n) is 13.5. The number of hydrogen-bond acceptors (Lipinski definition) is 6. The van der Waals surface area contributed by atoms with E-state index in [9.17, 15) is 14.7 Å². The summed E-state index contributed by atoms with van der Waals surface area (Å²) in [6.07, 6.45) is 3.05. The first-order valence-corrected chi connectivity index (χ1v) is 13.9. The fourth-order valence-corrected chi connectivity index (χ4v) is 5.46. The number of halogens is 1. The molecule has 210 valence electrons. The Kier molecular flexibility index (Phi) is 8.59. The zero-order valence-corrected chi connectivity index (χ0v) is 23.9. The normalized spacial score (nSPS) is 21.4. The Balaban J connectivity index is 1.48. The molecule has 6 N–H and O–H groups in total. The van der Waals surface area contributed by atoms with Gasteiger partial charge in [0.25, 0.3) is 0 Å². The number of rotatable bonds is 8. The van der Waals surface area contributed by atoms with Crippen molar-refractivity contribution >= 4 is 23.4 Å². The van der Waals surface area contributed by atoms with Crippen molar-refractivity contribution in [3.63, 3.8) is 0 Å². The van der Waals surface area contributed by atoms with Crippen LogP contribution in [0.25, 0.3) is 11.1 Å². The van der Waals surface area contributed by atoms with Crippen molar-refractivity contribution in [3.05, 3.63) is 71.0 Å². The Labute approximate surface area is 235 Å². The number of amides is 2. The van der Waals surface area contributed by atoms with Gasteiger partial charge in [-0.2, -0.15) is 0 Å². The summed E-state index contributed by atoms with van der Waals surface area (Å²) < 4.78 is 0. The second-order valence-electron chi connectivity index (χ2n) is 11.8. The van der Waals surface area contributed by atoms with Crippen molar-refractivity contribution in [2.45, 2.75) is 71.2 Å². The lowest BCUT2D eigenvalue weighted by molar-refractivity contribution is -0.145. The third-order valence-electron chi connectivity index (χ3n) is 7.52. The number of likely N-dealkylation sites (tertiary alicyclic amines) is 1. The lowest BCUT2D eigenvalue weighted by Gasteiger charge is -2.39. The smallest absolute Gasteiger partial charge is 0.248 e. The van der Waals surface area contributed by atoms with Crippen molar-refractivity contribution in [1.29, 1.82) is 0 Å². The number of β-amino-alcohol motifs (C(OH)–C–C–N with tert-alkyl or cyclic N) is 1. The van der Waals surface area contributed by atoms with Crippen LogP contribution in [0.4, 0.5) is 0 Å². The van der Waals surface area contributed by atoms with Crippen molar-refractivity contribution < 1.29 is 14.7 Å². The Hall–Kier alpha value is -3.07. The van der Waals surface area contributed by atoms with Gasteiger partial charge in [-0.15, -0.1) is 0 Å². The minimum absolute atomic E-state index is 0.0695. The predicted molar refractivity (Wildman–Crippen MR) is 154 cm³/mol. The molecule has 0 spiro atoms. The predicted octanol–water partition coefficient (Wildman–Crippen LogP) is 3.95. The molecule has 39 heavy (non-hydrogen) atoms. The van der Waals surface area contributed by atoms with Crippen LogP contribution in [0.3, 0.4) is 0 Å². The van der Waals surface area contributed by atoms with Gasteiger partial charge >= 0.3 is 0 Å². The van der Waals surface area contributed by atoms with E-state index in [-0.39, 0.29) is 30.8 Å². The van der Waals surface area contributed by atoms with E-state index in [1.54, 1.807) is 6.20 Å². The molecule has 4 unspecified atom stereocenters. The number of hydrogen-bond donors (Lipinski definition) is 4. The summed E-state index contributed by atoms with van der Waals surface area (Å²) >= 11 is 6.33. The lowest BCUT2D eigenvalue weighted by atomic mass is 9.85. The minimum Gasteiger partial charge on any atom is -0.401 e. The summed E-state index contributed by atoms with van der Waals surface area (Å²) in [7, 11) is 0. The van der Waals surface area contributed by atoms with E-state index in [0.717, 1.165) is 29.5 Å². The molecule has 1 heterocycles. The quantitative estimate of drug-likeness (QED) is 0.290. The average Bonchev–Trinajstić information content (AvgIpc) is 3.65. The summed E-state index contributed by atoms with van der Waals surface area (Å²) in [5, 5.41) is 15.5. The molecule has 2 fully saturated rings. The van der Waals surface area contributed by atoms with Gasteiger partial charge in [0.05, 0.1) is 12.1 Å². The number of benzene rings is 2. The topological polar surface area (TPSA) is 125 Å². The first-order chi connectivity index (χ1) is 18.4. The Bertz CT molecular complexity index is 1220. The van der Waals surface area contributed by atoms with Crippen LogP contribution in [0.2, 0.25) is 5.02 Å². The molecular formula is C30H40ClN5O3. The number of carbonyl (C=O) groups excluding carboxylic acids is 2. The summed E-state index contributed by atoms with van der Waals surface area (Å²) in [5.74, 6) is 6.06. The van der Waals surface area contributed by atoms with Gasteiger partial charge in [0, 0.05) is 41.4 Å². The summed E-state index contributed by atoms with van der Waals surface area (Å²) in [6, 6.07) is 13.6. The van der Waals surface area contributed by atoms with Crippen LogP contribution in [0.1, 0.15) is 58.6 Å². The molecular weight excluding hydrogens is 514 g/mol. The minimum atomic E-state index is -0.805. The third-order valence-corrected chi connectivity index (χ3v) is 7.85. The van der Waals surface area contributed by atoms with Gasteiger partial charge in [-0.1, -0.05) is 74.8 Å². The monoisotopic (exact) mass is 553 g/mol. The zero-order valence-electron chi connectivity index (χ0n) is 23.1. The van der Waals surface area contributed by atoms with Crippen LogP contribution >= 0.6 is 11.6 Å². The van der Waals surface area contributed by atoms with Crippen LogP contribution in [-0.2, 0) is 9.59 Å². The van der Waals surface area contributed by atoms with E-state index in [0.29, 0.717) is 16.6 Å². The average molecular weight is 554 g/mol. The van der Waals surface area contributed by atoms with Gasteiger partial charge in [0.2, 0.25) is 11.8 Å². The molecule has 2 amide bonds. The highest BCUT2D eigenvalue weighted by Crippen LogP contribution is 2.35. The van der Waals surface area contributed by atoms with Crippen LogP contribution in [0, 0.1) is 11.3 Å². The number of nitrogens with one attached hydrogen (secondary N) is 1. The van der Waals surface area contributed by atoms with E-state index in [2.05, 4.69) is 5.32 Å². The van der Waals surface area contributed by atoms with E-state index in [1.165, 1.54) is 9.91 Å². The second kappa shape index (κ2) is 11.6. The molecule has 2 aliphatic rings. The van der Waals surface area contributed by atoms with Gasteiger partial charge in [-0.3, -0.25) is 9.59 Å². The van der Waals surface area contributed by atoms with Crippen LogP contribution in [0.15, 0.2) is 60.4 Å². The van der Waals surface area contributed by atoms with Crippen molar-refractivity contribution in [2.75, 3.05) is 6.54 Å². The molecule has 1 saturated heterocycles. The van der Waals surface area contributed by atoms with Gasteiger partial charge in [-0.05, 0) is 42.4 Å². The Morgan fingerprint density at radius 1 is 1.15 bits per heavy atom. The third kappa shape index (κ3) is 6.75. The van der Waals surface area contributed by atoms with E-state index < -0.39 is 23.6 Å². The summed E-state index contributed by atoms with van der Waals surface area (Å²) in [4.78, 5) is 28.7. The first kappa shape index (κ1) is 28.9. The lowest BCUT2D eigenvalue weighted by Crippen LogP contribution is -2.58. The number of hydrazine groups is 1. The maximum absolute atomic E-state index is 13.8. The zero-order chi connectivity index (χ0) is 28.5. The molecule has 0 bridgehead atoms. The summed E-state index contributed by atoms with van der Waals surface area (Å²) in [5.41, 5.74) is 9.12. The molecule has 4 atom stereocenters. The van der Waals surface area contributed by atoms with Gasteiger partial charge in [0.1, 0.15) is 12.1 Å². The van der Waals surface area contributed by atoms with Crippen molar-refractivity contribution in [3.8, 4) is 11.1 Å². The highest BCUT2D eigenvalue weighted by molar-refractivity contribution is 6.33. The molecule has 0 aromatic heterocycles. The van der Waals surface area contributed by atoms with Crippen LogP contribution < -0.4 is 16.9 Å². The largest absolute Gasteiger partial charge is 0.401 e. The molecule has 1 saturated carbocycles. The highest BCUT2D eigenvalue weighted by Gasteiger charge is 2.45. The van der Waals surface area contributed by atoms with E-state index >= 15 is 0 Å². The SMILES string of the molecule is CC(NC(=O)C1CC(O)CN1C(=O)C(N(N)/C=C(\N)C1CC1)C(C)(C)C)c1ccc(-c2ccccc2Cl)cc1. The molecule has 2 aromatic rings. The van der Waals surface area contributed by atoms with Gasteiger partial charge < -0.3 is 26.1 Å². The maximum Gasteiger partial charge on any atom is 0.248 e. The standard InChI is InChI=1S/C30H40ClN5O3/c1-18(19-9-11-20(12-10-19)23-7-5-6-8-24(23)31)34-28(38)26-15-22(37)16-35(26)29(39)27(30(2,3)4)36(33)17-25(32)21-13-14-21/h5-12,17-18,21-22,26-27,37H,13-16,32-33H2,1-4H3,(H,34,38)/b25-17-. The number of allylic oxidation sites excluding steroid dienone is 1. The number of aliphatic hydroxyl groups excluding tert-OH is 1. The Morgan fingerprint density at radius 2 is 1.79 bits per heavy atom. The van der Waals surface area contributed by atoms with Gasteiger partial charge in [0.15, 0.2) is 0 Å². The fourth-order valence-electron chi connectivity index (χ4n) is 5.22. The van der Waals surface area contributed by atoms with Gasteiger partial charge in [-0.25, -0.2) is 5.84 Å². The second-order valence-corrected chi connectivity index (χ2v) is 12.3. The highest BCUT2D eigenvalue weighted by atomic mass is 35.5. The Morgan fingerprint density at radius 3 is 2.38 bits per heavy atom. The van der Waals surface area contributed by atoms with Crippen LogP contribution in [-0.4, -0.2) is 51.6 Å². The number of nitrogens with zero attached hydrogens (tertiary/aromatic N) is 2. The van der Waals surface area contributed by atoms with Crippen molar-refractivity contribution in [2.24, 2.45) is 22.9 Å². The molecule has 0 radical (unpaired) electrons. The van der Waals surface area contributed by atoms with Crippen LogP contribution in [0.5, 0.6) is 0 Å². The molecule has 1 aliphatic carbocycles. The fraction of sp³-hybridized carbons (Fsp3) is 0.467.